The Hall–Kier alpha value is -1.67. The quantitative estimate of drug-likeness (QED) is 0.457. The van der Waals surface area contributed by atoms with Gasteiger partial charge in [0.2, 0.25) is 0 Å². The van der Waals surface area contributed by atoms with Gasteiger partial charge in [-0.25, -0.2) is 4.99 Å². The molecule has 164 valence electrons. The molecule has 1 unspecified atom stereocenters. The summed E-state index contributed by atoms with van der Waals surface area (Å²) in [5.41, 5.74) is 0.350. The fourth-order valence-corrected chi connectivity index (χ4v) is 4.45. The van der Waals surface area contributed by atoms with Gasteiger partial charge >= 0.3 is 0 Å². The summed E-state index contributed by atoms with van der Waals surface area (Å²) in [6.45, 7) is 9.77. The molecule has 2 fully saturated rings. The summed E-state index contributed by atoms with van der Waals surface area (Å²) in [6.07, 6.45) is 7.51. The first-order valence-electron chi connectivity index (χ1n) is 11.2. The second kappa shape index (κ2) is 10.4. The van der Waals surface area contributed by atoms with Gasteiger partial charge in [0.15, 0.2) is 11.8 Å². The van der Waals surface area contributed by atoms with Crippen molar-refractivity contribution in [2.45, 2.75) is 65.0 Å². The number of nitrogens with zero attached hydrogens (tertiary/aromatic N) is 5. The van der Waals surface area contributed by atoms with Crippen LogP contribution in [0.25, 0.3) is 0 Å². The highest BCUT2D eigenvalue weighted by Crippen LogP contribution is 2.43. The number of nitrogens with one attached hydrogen (secondary N) is 2. The predicted molar refractivity (Wildman–Crippen MR) is 116 cm³/mol. The third kappa shape index (κ3) is 5.69. The summed E-state index contributed by atoms with van der Waals surface area (Å²) < 4.78 is 7.35. The van der Waals surface area contributed by atoms with Crippen LogP contribution in [0.4, 0.5) is 0 Å². The van der Waals surface area contributed by atoms with Crippen LogP contribution in [0.3, 0.4) is 0 Å². The van der Waals surface area contributed by atoms with Gasteiger partial charge in [-0.3, -0.25) is 4.90 Å². The number of aryl methyl sites for hydroxylation is 1. The van der Waals surface area contributed by atoms with E-state index in [1.807, 2.05) is 18.5 Å². The Morgan fingerprint density at radius 3 is 2.72 bits per heavy atom. The van der Waals surface area contributed by atoms with Gasteiger partial charge in [0, 0.05) is 39.9 Å². The number of hydrogen-bond acceptors (Lipinski definition) is 5. The van der Waals surface area contributed by atoms with Crippen LogP contribution >= 0.6 is 0 Å². The summed E-state index contributed by atoms with van der Waals surface area (Å²) in [5.74, 6) is 2.69. The van der Waals surface area contributed by atoms with Crippen molar-refractivity contribution in [3.8, 4) is 0 Å². The number of methoxy groups -OCH3 is 1. The number of likely N-dealkylation sites (tertiary alicyclic amines) is 1. The van der Waals surface area contributed by atoms with Crippen LogP contribution in [-0.4, -0.2) is 71.6 Å². The van der Waals surface area contributed by atoms with E-state index < -0.39 is 0 Å². The van der Waals surface area contributed by atoms with E-state index in [-0.39, 0.29) is 0 Å². The summed E-state index contributed by atoms with van der Waals surface area (Å²) in [7, 11) is 3.78. The van der Waals surface area contributed by atoms with Crippen molar-refractivity contribution >= 4 is 5.96 Å². The first kappa shape index (κ1) is 22.0. The van der Waals surface area contributed by atoms with E-state index in [9.17, 15) is 0 Å². The number of aliphatic imine (C=N–C) groups is 1. The Labute approximate surface area is 175 Å². The van der Waals surface area contributed by atoms with Gasteiger partial charge in [0.1, 0.15) is 12.4 Å². The standard InChI is InChI=1S/C21H39N7O/c1-5-28-12-6-8-18(28)14-22-20(23-15-19-26-25-17(2)27(19)3)24-16-21(9-7-10-21)11-13-29-4/h18H,5-16H2,1-4H3,(H2,22,23,24). The lowest BCUT2D eigenvalue weighted by Gasteiger charge is -2.42. The van der Waals surface area contributed by atoms with Gasteiger partial charge in [0.05, 0.1) is 0 Å². The summed E-state index contributed by atoms with van der Waals surface area (Å²) in [5, 5.41) is 15.6. The maximum atomic E-state index is 5.34. The molecule has 1 aliphatic carbocycles. The average molecular weight is 406 g/mol. The number of guanidine groups is 1. The molecule has 3 rings (SSSR count). The van der Waals surface area contributed by atoms with Crippen LogP contribution in [0.5, 0.6) is 0 Å². The lowest BCUT2D eigenvalue weighted by molar-refractivity contribution is 0.0732. The molecule has 1 aliphatic heterocycles. The van der Waals surface area contributed by atoms with Crippen molar-refractivity contribution in [1.82, 2.24) is 30.3 Å². The molecule has 0 spiro atoms. The fraction of sp³-hybridized carbons (Fsp3) is 0.857. The highest BCUT2D eigenvalue weighted by atomic mass is 16.5. The van der Waals surface area contributed by atoms with E-state index in [4.69, 9.17) is 9.73 Å². The number of rotatable bonds is 10. The topological polar surface area (TPSA) is 79.6 Å². The average Bonchev–Trinajstić information content (AvgIpc) is 3.29. The highest BCUT2D eigenvalue weighted by molar-refractivity contribution is 5.79. The normalized spacial score (nSPS) is 21.9. The summed E-state index contributed by atoms with van der Waals surface area (Å²) in [4.78, 5) is 7.40. The molecule has 2 aliphatic rings. The minimum absolute atomic E-state index is 0.350. The molecule has 0 aromatic carbocycles. The van der Waals surface area contributed by atoms with E-state index in [0.29, 0.717) is 18.0 Å². The van der Waals surface area contributed by atoms with Crippen molar-refractivity contribution in [3.05, 3.63) is 11.6 Å². The Bertz CT molecular complexity index is 668. The van der Waals surface area contributed by atoms with E-state index in [2.05, 4.69) is 32.7 Å². The lowest BCUT2D eigenvalue weighted by Crippen LogP contribution is -2.49. The molecule has 2 N–H and O–H groups in total. The maximum Gasteiger partial charge on any atom is 0.191 e. The molecule has 29 heavy (non-hydrogen) atoms. The first-order chi connectivity index (χ1) is 14.1. The zero-order valence-corrected chi connectivity index (χ0v) is 18.7. The van der Waals surface area contributed by atoms with Crippen LogP contribution < -0.4 is 10.6 Å². The van der Waals surface area contributed by atoms with Gasteiger partial charge in [-0.15, -0.1) is 10.2 Å². The molecule has 1 aromatic rings. The minimum atomic E-state index is 0.350. The molecule has 1 saturated heterocycles. The molecular weight excluding hydrogens is 366 g/mol. The second-order valence-electron chi connectivity index (χ2n) is 8.64. The predicted octanol–water partition coefficient (Wildman–Crippen LogP) is 1.85. The second-order valence-corrected chi connectivity index (χ2v) is 8.64. The highest BCUT2D eigenvalue weighted by Gasteiger charge is 2.36. The van der Waals surface area contributed by atoms with E-state index in [0.717, 1.165) is 50.3 Å². The number of hydrogen-bond donors (Lipinski definition) is 2. The molecule has 1 atom stereocenters. The number of likely N-dealkylation sites (N-methyl/N-ethyl adjacent to an activating group) is 1. The third-order valence-electron chi connectivity index (χ3n) is 6.85. The Kier molecular flexibility index (Phi) is 7.89. The molecular formula is C21H39N7O. The summed E-state index contributed by atoms with van der Waals surface area (Å²) >= 11 is 0. The van der Waals surface area contributed by atoms with Crippen LogP contribution in [0.2, 0.25) is 0 Å². The molecule has 0 bridgehead atoms. The number of aromatic nitrogens is 3. The van der Waals surface area contributed by atoms with Crippen molar-refractivity contribution in [1.29, 1.82) is 0 Å². The molecule has 8 nitrogen and oxygen atoms in total. The Balaban J connectivity index is 1.62. The molecule has 1 aromatic heterocycles. The molecule has 0 amide bonds. The van der Waals surface area contributed by atoms with Crippen molar-refractivity contribution in [2.24, 2.45) is 17.5 Å². The SMILES string of the molecule is CCN1CCCC1CNC(=NCc1nnc(C)n1C)NCC1(CCOC)CCC1. The largest absolute Gasteiger partial charge is 0.385 e. The number of ether oxygens (including phenoxy) is 1. The van der Waals surface area contributed by atoms with E-state index in [1.165, 1.54) is 38.6 Å². The van der Waals surface area contributed by atoms with E-state index >= 15 is 0 Å². The molecule has 8 heteroatoms. The lowest BCUT2D eigenvalue weighted by atomic mass is 9.67. The smallest absolute Gasteiger partial charge is 0.191 e. The van der Waals surface area contributed by atoms with Gasteiger partial charge in [-0.2, -0.15) is 0 Å². The van der Waals surface area contributed by atoms with Crippen LogP contribution in [0.1, 0.15) is 57.1 Å². The van der Waals surface area contributed by atoms with Crippen LogP contribution in [0, 0.1) is 12.3 Å². The fourth-order valence-electron chi connectivity index (χ4n) is 4.45. The zero-order valence-electron chi connectivity index (χ0n) is 18.7. The van der Waals surface area contributed by atoms with Gasteiger partial charge < -0.3 is 19.9 Å². The zero-order chi connectivity index (χ0) is 20.7. The first-order valence-corrected chi connectivity index (χ1v) is 11.2. The Morgan fingerprint density at radius 1 is 1.28 bits per heavy atom. The van der Waals surface area contributed by atoms with E-state index in [1.54, 1.807) is 7.11 Å². The third-order valence-corrected chi connectivity index (χ3v) is 6.85. The Morgan fingerprint density at radius 2 is 2.10 bits per heavy atom. The monoisotopic (exact) mass is 405 g/mol. The van der Waals surface area contributed by atoms with Gasteiger partial charge in [-0.1, -0.05) is 13.3 Å². The van der Waals surface area contributed by atoms with Crippen molar-refractivity contribution in [3.63, 3.8) is 0 Å². The van der Waals surface area contributed by atoms with Crippen LogP contribution in [-0.2, 0) is 18.3 Å². The molecule has 0 radical (unpaired) electrons. The summed E-state index contributed by atoms with van der Waals surface area (Å²) in [6, 6.07) is 0.593. The maximum absolute atomic E-state index is 5.34. The molecule has 2 heterocycles. The van der Waals surface area contributed by atoms with Crippen molar-refractivity contribution in [2.75, 3.05) is 39.9 Å². The van der Waals surface area contributed by atoms with Crippen molar-refractivity contribution < 1.29 is 4.74 Å². The minimum Gasteiger partial charge on any atom is -0.385 e. The molecule has 1 saturated carbocycles. The van der Waals surface area contributed by atoms with Crippen LogP contribution in [0.15, 0.2) is 4.99 Å². The van der Waals surface area contributed by atoms with Gasteiger partial charge in [-0.05, 0) is 57.5 Å². The van der Waals surface area contributed by atoms with Gasteiger partial charge in [0.25, 0.3) is 0 Å².